The largest absolute Gasteiger partial charge is 0.508 e. The highest BCUT2D eigenvalue weighted by Crippen LogP contribution is 2.13. The molecule has 0 amide bonds. The maximum absolute atomic E-state index is 11.3. The lowest BCUT2D eigenvalue weighted by molar-refractivity contribution is -0.138. The van der Waals surface area contributed by atoms with Crippen LogP contribution in [0.3, 0.4) is 0 Å². The van der Waals surface area contributed by atoms with E-state index < -0.39 is 18.0 Å². The van der Waals surface area contributed by atoms with Gasteiger partial charge in [0.1, 0.15) is 11.4 Å². The number of nitrogens with zero attached hydrogens (tertiary/aromatic N) is 1. The number of aliphatic imine (C=N–C) groups is 1. The standard InChI is InChI=1S/C17H18N2O5/c20-13-3-1-11(2-4-13)9-14(16(21)22)18-7-5-12-6-8-19-15(10-12)17(23)24/h1-5,7,10,14,19-20H,6,8-9H2,(H,21,22)(H,23,24). The van der Waals surface area contributed by atoms with Crippen molar-refractivity contribution in [1.29, 1.82) is 0 Å². The summed E-state index contributed by atoms with van der Waals surface area (Å²) in [5.74, 6) is -1.97. The van der Waals surface area contributed by atoms with Gasteiger partial charge in [0.05, 0.1) is 0 Å². The number of aromatic hydroxyl groups is 1. The third-order valence-corrected chi connectivity index (χ3v) is 3.49. The molecule has 0 saturated heterocycles. The van der Waals surface area contributed by atoms with Gasteiger partial charge in [0, 0.05) is 19.2 Å². The Hall–Kier alpha value is -3.09. The first-order valence-electron chi connectivity index (χ1n) is 7.37. The van der Waals surface area contributed by atoms with Crippen LogP contribution < -0.4 is 5.32 Å². The number of allylic oxidation sites excluding steroid dienone is 2. The second kappa shape index (κ2) is 7.96. The molecule has 1 aromatic carbocycles. The van der Waals surface area contributed by atoms with Crippen molar-refractivity contribution in [3.63, 3.8) is 0 Å². The number of nitrogens with one attached hydrogen (secondary N) is 1. The normalized spacial score (nSPS) is 17.3. The lowest BCUT2D eigenvalue weighted by Gasteiger charge is -2.14. The van der Waals surface area contributed by atoms with Crippen molar-refractivity contribution in [3.8, 4) is 5.75 Å². The molecule has 0 aromatic heterocycles. The molecule has 0 radical (unpaired) electrons. The summed E-state index contributed by atoms with van der Waals surface area (Å²) in [6, 6.07) is 5.33. The van der Waals surface area contributed by atoms with Crippen molar-refractivity contribution >= 4 is 18.2 Å². The topological polar surface area (TPSA) is 119 Å². The number of benzene rings is 1. The monoisotopic (exact) mass is 330 g/mol. The van der Waals surface area contributed by atoms with Crippen molar-refractivity contribution in [2.75, 3.05) is 6.54 Å². The van der Waals surface area contributed by atoms with E-state index in [1.54, 1.807) is 18.2 Å². The number of carboxylic acids is 2. The molecule has 4 N–H and O–H groups in total. The molecule has 0 bridgehead atoms. The summed E-state index contributed by atoms with van der Waals surface area (Å²) in [5, 5.41) is 30.2. The molecule has 1 heterocycles. The van der Waals surface area contributed by atoms with Crippen LogP contribution in [0.15, 0.2) is 52.7 Å². The van der Waals surface area contributed by atoms with Crippen LogP contribution in [0, 0.1) is 0 Å². The first-order valence-corrected chi connectivity index (χ1v) is 7.37. The highest BCUT2D eigenvalue weighted by atomic mass is 16.4. The first kappa shape index (κ1) is 17.3. The minimum atomic E-state index is -1.05. The average molecular weight is 330 g/mol. The second-order valence-electron chi connectivity index (χ2n) is 5.30. The van der Waals surface area contributed by atoms with Crippen LogP contribution in [-0.4, -0.2) is 46.1 Å². The maximum Gasteiger partial charge on any atom is 0.351 e. The van der Waals surface area contributed by atoms with Crippen molar-refractivity contribution in [3.05, 3.63) is 53.3 Å². The summed E-state index contributed by atoms with van der Waals surface area (Å²) in [6.07, 6.45) is 5.37. The van der Waals surface area contributed by atoms with E-state index in [0.29, 0.717) is 13.0 Å². The molecule has 0 saturated carbocycles. The van der Waals surface area contributed by atoms with E-state index in [2.05, 4.69) is 10.3 Å². The van der Waals surface area contributed by atoms with Gasteiger partial charge in [0.2, 0.25) is 0 Å². The van der Waals surface area contributed by atoms with E-state index in [9.17, 15) is 19.8 Å². The van der Waals surface area contributed by atoms with Crippen LogP contribution in [0.1, 0.15) is 12.0 Å². The van der Waals surface area contributed by atoms with Crippen molar-refractivity contribution < 1.29 is 24.9 Å². The number of rotatable bonds is 6. The Balaban J connectivity index is 2.07. The van der Waals surface area contributed by atoms with E-state index in [1.165, 1.54) is 24.4 Å². The number of phenolic OH excluding ortho intramolecular Hbond substituents is 1. The predicted molar refractivity (Wildman–Crippen MR) is 88.1 cm³/mol. The van der Waals surface area contributed by atoms with Crippen LogP contribution in [0.4, 0.5) is 0 Å². The number of carbonyl (C=O) groups is 2. The molecule has 1 atom stereocenters. The maximum atomic E-state index is 11.3. The lowest BCUT2D eigenvalue weighted by Crippen LogP contribution is -2.25. The zero-order valence-corrected chi connectivity index (χ0v) is 12.8. The van der Waals surface area contributed by atoms with E-state index >= 15 is 0 Å². The summed E-state index contributed by atoms with van der Waals surface area (Å²) in [4.78, 5) is 26.3. The highest BCUT2D eigenvalue weighted by Gasteiger charge is 2.16. The van der Waals surface area contributed by atoms with Crippen LogP contribution >= 0.6 is 0 Å². The molecule has 1 aliphatic heterocycles. The molecule has 0 fully saturated rings. The Labute approximate surface area is 138 Å². The summed E-state index contributed by atoms with van der Waals surface area (Å²) >= 11 is 0. The fourth-order valence-electron chi connectivity index (χ4n) is 2.22. The molecule has 1 aliphatic rings. The smallest absolute Gasteiger partial charge is 0.351 e. The van der Waals surface area contributed by atoms with Gasteiger partial charge in [-0.25, -0.2) is 9.59 Å². The molecular weight excluding hydrogens is 312 g/mol. The molecular formula is C17H18N2O5. The van der Waals surface area contributed by atoms with Crippen molar-refractivity contribution in [2.24, 2.45) is 4.99 Å². The summed E-state index contributed by atoms with van der Waals surface area (Å²) < 4.78 is 0. The molecule has 1 aromatic rings. The number of phenols is 1. The Morgan fingerprint density at radius 1 is 1.25 bits per heavy atom. The molecule has 0 aliphatic carbocycles. The second-order valence-corrected chi connectivity index (χ2v) is 5.30. The minimum absolute atomic E-state index is 0.111. The third kappa shape index (κ3) is 4.98. The Kier molecular flexibility index (Phi) is 5.73. The average Bonchev–Trinajstić information content (AvgIpc) is 2.56. The summed E-state index contributed by atoms with van der Waals surface area (Å²) in [7, 11) is 0. The predicted octanol–water partition coefficient (Wildman–Crippen LogP) is 1.35. The lowest BCUT2D eigenvalue weighted by atomic mass is 10.1. The van der Waals surface area contributed by atoms with Crippen molar-refractivity contribution in [2.45, 2.75) is 18.9 Å². The Morgan fingerprint density at radius 3 is 2.58 bits per heavy atom. The number of hydrogen-bond acceptors (Lipinski definition) is 5. The zero-order valence-electron chi connectivity index (χ0n) is 12.8. The van der Waals surface area contributed by atoms with E-state index in [0.717, 1.165) is 11.1 Å². The van der Waals surface area contributed by atoms with Crippen LogP contribution in [0.25, 0.3) is 0 Å². The molecule has 24 heavy (non-hydrogen) atoms. The van der Waals surface area contributed by atoms with E-state index in [4.69, 9.17) is 5.11 Å². The number of aliphatic carboxylic acids is 2. The molecule has 7 nitrogen and oxygen atoms in total. The third-order valence-electron chi connectivity index (χ3n) is 3.49. The van der Waals surface area contributed by atoms with Crippen LogP contribution in [0.2, 0.25) is 0 Å². The van der Waals surface area contributed by atoms with Gasteiger partial charge in [-0.3, -0.25) is 4.99 Å². The van der Waals surface area contributed by atoms with Gasteiger partial charge < -0.3 is 20.6 Å². The summed E-state index contributed by atoms with van der Waals surface area (Å²) in [6.45, 7) is 0.508. The summed E-state index contributed by atoms with van der Waals surface area (Å²) in [5.41, 5.74) is 1.63. The van der Waals surface area contributed by atoms with Crippen molar-refractivity contribution in [1.82, 2.24) is 5.32 Å². The van der Waals surface area contributed by atoms with E-state index in [1.807, 2.05) is 0 Å². The van der Waals surface area contributed by atoms with Gasteiger partial charge in [-0.1, -0.05) is 12.1 Å². The van der Waals surface area contributed by atoms with E-state index in [-0.39, 0.29) is 17.9 Å². The molecule has 7 heteroatoms. The molecule has 126 valence electrons. The van der Waals surface area contributed by atoms with Gasteiger partial charge in [-0.2, -0.15) is 0 Å². The van der Waals surface area contributed by atoms with Gasteiger partial charge >= 0.3 is 11.9 Å². The van der Waals surface area contributed by atoms with Gasteiger partial charge in [-0.15, -0.1) is 0 Å². The number of carboxylic acid groups (broad SMARTS) is 2. The fraction of sp³-hybridized carbons (Fsp3) is 0.235. The van der Waals surface area contributed by atoms with Crippen LogP contribution in [-0.2, 0) is 16.0 Å². The fourth-order valence-corrected chi connectivity index (χ4v) is 2.22. The SMILES string of the molecule is O=C(O)C1=CC(=CC=NC(Cc2ccc(O)cc2)C(=O)O)CCN1. The van der Waals surface area contributed by atoms with Gasteiger partial charge in [0.25, 0.3) is 0 Å². The van der Waals surface area contributed by atoms with Gasteiger partial charge in [0.15, 0.2) is 6.04 Å². The Morgan fingerprint density at radius 2 is 1.96 bits per heavy atom. The zero-order chi connectivity index (χ0) is 17.5. The number of hydrogen-bond donors (Lipinski definition) is 4. The minimum Gasteiger partial charge on any atom is -0.508 e. The molecule has 0 spiro atoms. The quantitative estimate of drug-likeness (QED) is 0.585. The highest BCUT2D eigenvalue weighted by molar-refractivity contribution is 5.87. The molecule has 2 rings (SSSR count). The van der Waals surface area contributed by atoms with Crippen LogP contribution in [0.5, 0.6) is 5.75 Å². The molecule has 1 unspecified atom stereocenters. The Bertz CT molecular complexity index is 704. The van der Waals surface area contributed by atoms with Gasteiger partial charge in [-0.05, 0) is 41.8 Å². The first-order chi connectivity index (χ1) is 11.5.